The van der Waals surface area contributed by atoms with Crippen molar-refractivity contribution < 1.29 is 9.72 Å². The number of nitro benzene ring substituents is 1. The van der Waals surface area contributed by atoms with Crippen LogP contribution in [-0.2, 0) is 0 Å². The Morgan fingerprint density at radius 3 is 2.79 bits per heavy atom. The van der Waals surface area contributed by atoms with Gasteiger partial charge in [0.05, 0.1) is 4.92 Å². The molecule has 0 saturated heterocycles. The Hall–Kier alpha value is -3.33. The number of tetrazole rings is 1. The van der Waals surface area contributed by atoms with E-state index in [1.54, 1.807) is 24.3 Å². The second-order valence-electron chi connectivity index (χ2n) is 4.69. The van der Waals surface area contributed by atoms with E-state index in [2.05, 4.69) is 25.9 Å². The molecule has 9 nitrogen and oxygen atoms in total. The zero-order chi connectivity index (χ0) is 17.1. The Bertz CT molecular complexity index is 913. The first-order chi connectivity index (χ1) is 11.5. The standard InChI is InChI=1S/C14H9ClN6O3/c15-9-4-5-12(21(23)24)11(7-9)14(22)16-10-3-1-2-8(6-10)13-17-19-20-18-13/h1-7H,(H,16,22)(H,17,18,19,20). The largest absolute Gasteiger partial charge is 0.322 e. The summed E-state index contributed by atoms with van der Waals surface area (Å²) in [5, 5.41) is 27.4. The molecule has 3 rings (SSSR count). The summed E-state index contributed by atoms with van der Waals surface area (Å²) in [5.41, 5.74) is 0.599. The number of anilines is 1. The van der Waals surface area contributed by atoms with Crippen molar-refractivity contribution in [3.05, 3.63) is 63.2 Å². The van der Waals surface area contributed by atoms with Crippen molar-refractivity contribution in [2.45, 2.75) is 0 Å². The van der Waals surface area contributed by atoms with Gasteiger partial charge in [0, 0.05) is 22.3 Å². The molecule has 1 aromatic heterocycles. The highest BCUT2D eigenvalue weighted by Crippen LogP contribution is 2.25. The number of nitro groups is 1. The highest BCUT2D eigenvalue weighted by Gasteiger charge is 2.20. The third-order valence-corrected chi connectivity index (χ3v) is 3.36. The number of rotatable bonds is 4. The van der Waals surface area contributed by atoms with Crippen LogP contribution in [0.25, 0.3) is 11.4 Å². The van der Waals surface area contributed by atoms with Crippen LogP contribution in [-0.4, -0.2) is 31.5 Å². The van der Waals surface area contributed by atoms with Crippen LogP contribution in [0.3, 0.4) is 0 Å². The first-order valence-corrected chi connectivity index (χ1v) is 7.01. The zero-order valence-electron chi connectivity index (χ0n) is 11.9. The molecule has 0 atom stereocenters. The lowest BCUT2D eigenvalue weighted by Crippen LogP contribution is -2.14. The van der Waals surface area contributed by atoms with Crippen LogP contribution in [0.5, 0.6) is 0 Å². The van der Waals surface area contributed by atoms with Gasteiger partial charge in [-0.25, -0.2) is 0 Å². The summed E-state index contributed by atoms with van der Waals surface area (Å²) in [5.74, 6) is -0.283. The summed E-state index contributed by atoms with van der Waals surface area (Å²) in [6, 6.07) is 10.5. The smallest absolute Gasteiger partial charge is 0.282 e. The van der Waals surface area contributed by atoms with Gasteiger partial charge in [-0.3, -0.25) is 14.9 Å². The predicted octanol–water partition coefficient (Wildman–Crippen LogP) is 2.68. The molecule has 0 aliphatic rings. The number of carbonyl (C=O) groups excluding carboxylic acids is 1. The minimum atomic E-state index is -0.644. The van der Waals surface area contributed by atoms with E-state index in [1.807, 2.05) is 0 Å². The highest BCUT2D eigenvalue weighted by atomic mass is 35.5. The van der Waals surface area contributed by atoms with Gasteiger partial charge in [-0.1, -0.05) is 23.7 Å². The minimum Gasteiger partial charge on any atom is -0.322 e. The first kappa shape index (κ1) is 15.6. The lowest BCUT2D eigenvalue weighted by Gasteiger charge is -2.07. The number of nitrogens with one attached hydrogen (secondary N) is 2. The fourth-order valence-electron chi connectivity index (χ4n) is 2.07. The number of halogens is 1. The molecule has 0 aliphatic heterocycles. The number of aromatic nitrogens is 4. The summed E-state index contributed by atoms with van der Waals surface area (Å²) in [6.45, 7) is 0. The van der Waals surface area contributed by atoms with Gasteiger partial charge in [-0.05, 0) is 29.5 Å². The van der Waals surface area contributed by atoms with Gasteiger partial charge in [-0.2, -0.15) is 5.21 Å². The van der Waals surface area contributed by atoms with E-state index in [0.717, 1.165) is 0 Å². The Morgan fingerprint density at radius 2 is 2.08 bits per heavy atom. The monoisotopic (exact) mass is 344 g/mol. The number of H-pyrrole nitrogens is 1. The van der Waals surface area contributed by atoms with E-state index in [-0.39, 0.29) is 16.3 Å². The molecular formula is C14H9ClN6O3. The molecule has 10 heteroatoms. The maximum absolute atomic E-state index is 12.4. The molecule has 0 aliphatic carbocycles. The van der Waals surface area contributed by atoms with Crippen molar-refractivity contribution in [1.29, 1.82) is 0 Å². The molecule has 1 amide bonds. The van der Waals surface area contributed by atoms with Crippen LogP contribution >= 0.6 is 11.6 Å². The van der Waals surface area contributed by atoms with Crippen LogP contribution in [0.4, 0.5) is 11.4 Å². The molecule has 24 heavy (non-hydrogen) atoms. The van der Waals surface area contributed by atoms with Crippen molar-refractivity contribution >= 4 is 28.9 Å². The average molecular weight is 345 g/mol. The number of carbonyl (C=O) groups is 1. The van der Waals surface area contributed by atoms with Gasteiger partial charge < -0.3 is 5.32 Å². The summed E-state index contributed by atoms with van der Waals surface area (Å²) >= 11 is 5.83. The SMILES string of the molecule is O=C(Nc1cccc(-c2nn[nH]n2)c1)c1cc(Cl)ccc1[N+](=O)[O-]. The minimum absolute atomic E-state index is 0.127. The maximum atomic E-state index is 12.4. The van der Waals surface area contributed by atoms with Crippen LogP contribution in [0.2, 0.25) is 5.02 Å². The fourth-order valence-corrected chi connectivity index (χ4v) is 2.24. The molecular weight excluding hydrogens is 336 g/mol. The summed E-state index contributed by atoms with van der Waals surface area (Å²) in [4.78, 5) is 22.8. The van der Waals surface area contributed by atoms with E-state index >= 15 is 0 Å². The molecule has 3 aromatic rings. The van der Waals surface area contributed by atoms with E-state index < -0.39 is 10.8 Å². The molecule has 120 valence electrons. The van der Waals surface area contributed by atoms with E-state index in [9.17, 15) is 14.9 Å². The second kappa shape index (κ2) is 6.42. The maximum Gasteiger partial charge on any atom is 0.282 e. The lowest BCUT2D eigenvalue weighted by molar-refractivity contribution is -0.385. The van der Waals surface area contributed by atoms with E-state index in [4.69, 9.17) is 11.6 Å². The molecule has 2 N–H and O–H groups in total. The molecule has 0 unspecified atom stereocenters. The molecule has 0 saturated carbocycles. The number of hydrogen-bond donors (Lipinski definition) is 2. The van der Waals surface area contributed by atoms with E-state index in [0.29, 0.717) is 17.1 Å². The van der Waals surface area contributed by atoms with Crippen LogP contribution in [0.15, 0.2) is 42.5 Å². The number of nitrogens with zero attached hydrogens (tertiary/aromatic N) is 4. The third-order valence-electron chi connectivity index (χ3n) is 3.12. The topological polar surface area (TPSA) is 127 Å². The van der Waals surface area contributed by atoms with Gasteiger partial charge in [-0.15, -0.1) is 10.2 Å². The zero-order valence-corrected chi connectivity index (χ0v) is 12.7. The van der Waals surface area contributed by atoms with Crippen molar-refractivity contribution in [2.75, 3.05) is 5.32 Å². The number of benzene rings is 2. The number of hydrogen-bond acceptors (Lipinski definition) is 6. The van der Waals surface area contributed by atoms with Crippen LogP contribution < -0.4 is 5.32 Å². The fraction of sp³-hybridized carbons (Fsp3) is 0. The highest BCUT2D eigenvalue weighted by molar-refractivity contribution is 6.31. The summed E-state index contributed by atoms with van der Waals surface area (Å²) < 4.78 is 0. The quantitative estimate of drug-likeness (QED) is 0.553. The van der Waals surface area contributed by atoms with Crippen molar-refractivity contribution in [1.82, 2.24) is 20.6 Å². The lowest BCUT2D eigenvalue weighted by atomic mass is 10.1. The molecule has 0 bridgehead atoms. The van der Waals surface area contributed by atoms with Crippen molar-refractivity contribution in [2.24, 2.45) is 0 Å². The van der Waals surface area contributed by atoms with Gasteiger partial charge in [0.25, 0.3) is 11.6 Å². The van der Waals surface area contributed by atoms with Gasteiger partial charge in [0.15, 0.2) is 0 Å². The Kier molecular flexibility index (Phi) is 4.17. The Morgan fingerprint density at radius 1 is 1.25 bits per heavy atom. The predicted molar refractivity (Wildman–Crippen MR) is 85.7 cm³/mol. The van der Waals surface area contributed by atoms with Crippen molar-refractivity contribution in [3.8, 4) is 11.4 Å². The Balaban J connectivity index is 1.90. The van der Waals surface area contributed by atoms with Gasteiger partial charge in [0.2, 0.25) is 5.82 Å². The second-order valence-corrected chi connectivity index (χ2v) is 5.13. The van der Waals surface area contributed by atoms with Gasteiger partial charge in [0.1, 0.15) is 5.56 Å². The molecule has 1 heterocycles. The number of aromatic amines is 1. The van der Waals surface area contributed by atoms with Crippen molar-refractivity contribution in [3.63, 3.8) is 0 Å². The Labute approximate surface area is 139 Å². The average Bonchev–Trinajstić information content (AvgIpc) is 3.09. The molecule has 0 radical (unpaired) electrons. The molecule has 0 spiro atoms. The first-order valence-electron chi connectivity index (χ1n) is 6.64. The van der Waals surface area contributed by atoms with E-state index in [1.165, 1.54) is 18.2 Å². The molecule has 2 aromatic carbocycles. The third kappa shape index (κ3) is 3.20. The number of amides is 1. The normalized spacial score (nSPS) is 10.4. The summed E-state index contributed by atoms with van der Waals surface area (Å²) in [7, 11) is 0. The van der Waals surface area contributed by atoms with Crippen LogP contribution in [0.1, 0.15) is 10.4 Å². The summed E-state index contributed by atoms with van der Waals surface area (Å²) in [6.07, 6.45) is 0. The molecule has 0 fully saturated rings. The van der Waals surface area contributed by atoms with Gasteiger partial charge >= 0.3 is 0 Å². The van der Waals surface area contributed by atoms with Crippen LogP contribution in [0, 0.1) is 10.1 Å².